The third-order valence-electron chi connectivity index (χ3n) is 2.33. The number of nitrogens with one attached hydrogen (secondary N) is 1. The lowest BCUT2D eigenvalue weighted by atomic mass is 10.2. The van der Waals surface area contributed by atoms with Gasteiger partial charge in [-0.1, -0.05) is 0 Å². The molecule has 72 valence electrons. The van der Waals surface area contributed by atoms with E-state index in [9.17, 15) is 0 Å². The zero-order valence-corrected chi connectivity index (χ0v) is 8.34. The molecule has 2 atom stereocenters. The van der Waals surface area contributed by atoms with Crippen LogP contribution < -0.4 is 5.32 Å². The summed E-state index contributed by atoms with van der Waals surface area (Å²) in [4.78, 5) is 2.36. The zero-order chi connectivity index (χ0) is 8.97. The number of ether oxygens (including phenoxy) is 1. The van der Waals surface area contributed by atoms with Gasteiger partial charge in [-0.25, -0.2) is 0 Å². The summed E-state index contributed by atoms with van der Waals surface area (Å²) < 4.78 is 5.06. The largest absolute Gasteiger partial charge is 0.383 e. The van der Waals surface area contributed by atoms with Crippen molar-refractivity contribution >= 4 is 0 Å². The van der Waals surface area contributed by atoms with Gasteiger partial charge in [0.2, 0.25) is 0 Å². The van der Waals surface area contributed by atoms with E-state index in [2.05, 4.69) is 24.2 Å². The summed E-state index contributed by atoms with van der Waals surface area (Å²) in [5.41, 5.74) is 0. The highest BCUT2D eigenvalue weighted by Crippen LogP contribution is 2.06. The molecule has 1 saturated heterocycles. The molecule has 3 nitrogen and oxygen atoms in total. The minimum absolute atomic E-state index is 0.478. The SMILES string of the molecule is COC[C@H](C)N[C@H]1CCN(C)C1. The molecule has 1 N–H and O–H groups in total. The van der Waals surface area contributed by atoms with Crippen LogP contribution in [0, 0.1) is 0 Å². The lowest BCUT2D eigenvalue weighted by molar-refractivity contribution is 0.167. The molecule has 3 heteroatoms. The van der Waals surface area contributed by atoms with Crippen molar-refractivity contribution in [3.63, 3.8) is 0 Å². The van der Waals surface area contributed by atoms with Crippen LogP contribution in [-0.4, -0.2) is 50.8 Å². The summed E-state index contributed by atoms with van der Waals surface area (Å²) in [7, 11) is 3.92. The molecule has 0 aliphatic carbocycles. The van der Waals surface area contributed by atoms with Crippen molar-refractivity contribution in [3.8, 4) is 0 Å². The van der Waals surface area contributed by atoms with Gasteiger partial charge in [-0.3, -0.25) is 0 Å². The number of hydrogen-bond acceptors (Lipinski definition) is 3. The summed E-state index contributed by atoms with van der Waals surface area (Å²) in [5.74, 6) is 0. The fourth-order valence-corrected chi connectivity index (χ4v) is 1.77. The molecule has 0 radical (unpaired) electrons. The highest BCUT2D eigenvalue weighted by atomic mass is 16.5. The second-order valence-electron chi connectivity index (χ2n) is 3.77. The lowest BCUT2D eigenvalue weighted by Gasteiger charge is -2.18. The molecule has 0 amide bonds. The Hall–Kier alpha value is -0.120. The molecule has 0 aromatic rings. The molecule has 0 aromatic carbocycles. The van der Waals surface area contributed by atoms with Crippen LogP contribution in [0.15, 0.2) is 0 Å². The Morgan fingerprint density at radius 3 is 2.92 bits per heavy atom. The predicted molar refractivity (Wildman–Crippen MR) is 50.4 cm³/mol. The molecule has 1 aliphatic rings. The van der Waals surface area contributed by atoms with E-state index in [4.69, 9.17) is 4.74 Å². The smallest absolute Gasteiger partial charge is 0.0613 e. The summed E-state index contributed by atoms with van der Waals surface area (Å²) in [6.07, 6.45) is 1.27. The Balaban J connectivity index is 2.14. The maximum atomic E-state index is 5.06. The number of hydrogen-bond donors (Lipinski definition) is 1. The van der Waals surface area contributed by atoms with Crippen LogP contribution >= 0.6 is 0 Å². The molecule has 1 heterocycles. The van der Waals surface area contributed by atoms with Crippen LogP contribution in [0.5, 0.6) is 0 Å². The molecule has 0 spiro atoms. The van der Waals surface area contributed by atoms with Crippen molar-refractivity contribution < 1.29 is 4.74 Å². The van der Waals surface area contributed by atoms with E-state index in [0.717, 1.165) is 6.61 Å². The first-order valence-electron chi connectivity index (χ1n) is 4.66. The zero-order valence-electron chi connectivity index (χ0n) is 8.34. The first-order valence-corrected chi connectivity index (χ1v) is 4.66. The van der Waals surface area contributed by atoms with Crippen LogP contribution in [0.25, 0.3) is 0 Å². The molecule has 1 aliphatic heterocycles. The van der Waals surface area contributed by atoms with Crippen LogP contribution in [0.2, 0.25) is 0 Å². The van der Waals surface area contributed by atoms with Crippen molar-refractivity contribution in [1.82, 2.24) is 10.2 Å². The van der Waals surface area contributed by atoms with E-state index in [1.807, 2.05) is 0 Å². The first kappa shape index (κ1) is 9.96. The van der Waals surface area contributed by atoms with E-state index in [0.29, 0.717) is 12.1 Å². The Morgan fingerprint density at radius 1 is 1.67 bits per heavy atom. The van der Waals surface area contributed by atoms with Gasteiger partial charge in [0.25, 0.3) is 0 Å². The number of likely N-dealkylation sites (tertiary alicyclic amines) is 1. The molecule has 1 fully saturated rings. The minimum Gasteiger partial charge on any atom is -0.383 e. The fraction of sp³-hybridized carbons (Fsp3) is 1.00. The van der Waals surface area contributed by atoms with Gasteiger partial charge in [0, 0.05) is 25.7 Å². The third-order valence-corrected chi connectivity index (χ3v) is 2.33. The number of likely N-dealkylation sites (N-methyl/N-ethyl adjacent to an activating group) is 1. The summed E-state index contributed by atoms with van der Waals surface area (Å²) in [6, 6.07) is 1.15. The van der Waals surface area contributed by atoms with Crippen molar-refractivity contribution in [2.24, 2.45) is 0 Å². The topological polar surface area (TPSA) is 24.5 Å². The Morgan fingerprint density at radius 2 is 2.42 bits per heavy atom. The summed E-state index contributed by atoms with van der Waals surface area (Å²) >= 11 is 0. The Labute approximate surface area is 75.1 Å². The second kappa shape index (κ2) is 4.80. The number of nitrogens with zero attached hydrogens (tertiary/aromatic N) is 1. The first-order chi connectivity index (χ1) is 5.72. The predicted octanol–water partition coefficient (Wildman–Crippen LogP) is 0.315. The van der Waals surface area contributed by atoms with Crippen molar-refractivity contribution in [2.75, 3.05) is 33.9 Å². The van der Waals surface area contributed by atoms with Crippen LogP contribution in [0.4, 0.5) is 0 Å². The van der Waals surface area contributed by atoms with Crippen molar-refractivity contribution in [3.05, 3.63) is 0 Å². The van der Waals surface area contributed by atoms with E-state index in [1.54, 1.807) is 7.11 Å². The van der Waals surface area contributed by atoms with Gasteiger partial charge in [-0.05, 0) is 26.9 Å². The maximum absolute atomic E-state index is 5.06. The third kappa shape index (κ3) is 3.09. The molecule has 12 heavy (non-hydrogen) atoms. The molecule has 0 unspecified atom stereocenters. The van der Waals surface area contributed by atoms with E-state index < -0.39 is 0 Å². The van der Waals surface area contributed by atoms with Crippen LogP contribution in [0.3, 0.4) is 0 Å². The Kier molecular flexibility index (Phi) is 3.98. The van der Waals surface area contributed by atoms with E-state index in [-0.39, 0.29) is 0 Å². The second-order valence-corrected chi connectivity index (χ2v) is 3.77. The molecule has 0 saturated carbocycles. The van der Waals surface area contributed by atoms with Gasteiger partial charge < -0.3 is 15.0 Å². The standard InChI is InChI=1S/C9H20N2O/c1-8(7-12-3)10-9-4-5-11(2)6-9/h8-10H,4-7H2,1-3H3/t8-,9-/m0/s1. The summed E-state index contributed by atoms with van der Waals surface area (Å²) in [5, 5.41) is 3.54. The fourth-order valence-electron chi connectivity index (χ4n) is 1.77. The lowest BCUT2D eigenvalue weighted by Crippen LogP contribution is -2.40. The summed E-state index contributed by atoms with van der Waals surface area (Å²) in [6.45, 7) is 5.37. The van der Waals surface area contributed by atoms with Gasteiger partial charge in [0.05, 0.1) is 6.61 Å². The quantitative estimate of drug-likeness (QED) is 0.661. The maximum Gasteiger partial charge on any atom is 0.0613 e. The normalized spacial score (nSPS) is 27.8. The van der Waals surface area contributed by atoms with E-state index in [1.165, 1.54) is 19.5 Å². The monoisotopic (exact) mass is 172 g/mol. The molecule has 0 aromatic heterocycles. The van der Waals surface area contributed by atoms with Crippen molar-refractivity contribution in [1.29, 1.82) is 0 Å². The van der Waals surface area contributed by atoms with E-state index >= 15 is 0 Å². The Bertz CT molecular complexity index is 130. The number of rotatable bonds is 4. The van der Waals surface area contributed by atoms with Gasteiger partial charge in [0.15, 0.2) is 0 Å². The molecular formula is C9H20N2O. The average molecular weight is 172 g/mol. The van der Waals surface area contributed by atoms with Gasteiger partial charge in [0.1, 0.15) is 0 Å². The van der Waals surface area contributed by atoms with Crippen LogP contribution in [0.1, 0.15) is 13.3 Å². The molecule has 1 rings (SSSR count). The molecule has 0 bridgehead atoms. The van der Waals surface area contributed by atoms with Crippen LogP contribution in [-0.2, 0) is 4.74 Å². The molecular weight excluding hydrogens is 152 g/mol. The van der Waals surface area contributed by atoms with Crippen molar-refractivity contribution in [2.45, 2.75) is 25.4 Å². The highest BCUT2D eigenvalue weighted by Gasteiger charge is 2.20. The average Bonchev–Trinajstić information content (AvgIpc) is 2.36. The number of methoxy groups -OCH3 is 1. The highest BCUT2D eigenvalue weighted by molar-refractivity contribution is 4.80. The van der Waals surface area contributed by atoms with Gasteiger partial charge in [-0.2, -0.15) is 0 Å². The van der Waals surface area contributed by atoms with Gasteiger partial charge in [-0.15, -0.1) is 0 Å². The van der Waals surface area contributed by atoms with Gasteiger partial charge >= 0.3 is 0 Å². The minimum atomic E-state index is 0.478.